The van der Waals surface area contributed by atoms with E-state index < -0.39 is 34.2 Å². The monoisotopic (exact) mass is 220 g/mol. The third kappa shape index (κ3) is 2.09. The van der Waals surface area contributed by atoms with E-state index in [1.807, 2.05) is 0 Å². The minimum atomic E-state index is -3.25. The van der Waals surface area contributed by atoms with E-state index in [0.717, 1.165) is 0 Å². The molecule has 0 spiro atoms. The number of rotatable bonds is 3. The summed E-state index contributed by atoms with van der Waals surface area (Å²) in [5, 5.41) is 10.2. The van der Waals surface area contributed by atoms with Gasteiger partial charge in [0.1, 0.15) is 0 Å². The van der Waals surface area contributed by atoms with Crippen LogP contribution in [-0.4, -0.2) is 16.2 Å². The SMILES string of the molecule is O=Cc1nc([N+](=O)[O-])cc(C(F)F)c1F. The molecule has 8 heteroatoms. The van der Waals surface area contributed by atoms with Crippen molar-refractivity contribution in [3.8, 4) is 0 Å². The van der Waals surface area contributed by atoms with Gasteiger partial charge >= 0.3 is 5.82 Å². The molecule has 0 bridgehead atoms. The van der Waals surface area contributed by atoms with Gasteiger partial charge in [0.25, 0.3) is 12.1 Å². The molecular weight excluding hydrogens is 217 g/mol. The van der Waals surface area contributed by atoms with Crippen molar-refractivity contribution in [3.05, 3.63) is 33.3 Å². The van der Waals surface area contributed by atoms with Gasteiger partial charge in [0.05, 0.1) is 5.56 Å². The number of carbonyl (C=O) groups excluding carboxylic acids is 1. The molecule has 0 saturated carbocycles. The molecule has 0 unspecified atom stereocenters. The molecule has 1 heterocycles. The molecule has 15 heavy (non-hydrogen) atoms. The number of halogens is 3. The van der Waals surface area contributed by atoms with Crippen molar-refractivity contribution in [1.82, 2.24) is 4.98 Å². The Morgan fingerprint density at radius 3 is 2.53 bits per heavy atom. The number of nitro groups is 1. The molecule has 0 fully saturated rings. The lowest BCUT2D eigenvalue weighted by Crippen LogP contribution is -2.04. The van der Waals surface area contributed by atoms with Crippen LogP contribution < -0.4 is 0 Å². The van der Waals surface area contributed by atoms with Crippen molar-refractivity contribution in [2.24, 2.45) is 0 Å². The van der Waals surface area contributed by atoms with E-state index >= 15 is 0 Å². The molecule has 0 aromatic carbocycles. The number of hydrogen-bond donors (Lipinski definition) is 0. The average molecular weight is 220 g/mol. The van der Waals surface area contributed by atoms with Gasteiger partial charge in [-0.05, 0) is 9.91 Å². The third-order valence-corrected chi connectivity index (χ3v) is 1.53. The van der Waals surface area contributed by atoms with E-state index in [-0.39, 0.29) is 6.29 Å². The van der Waals surface area contributed by atoms with Crippen molar-refractivity contribution >= 4 is 12.1 Å². The summed E-state index contributed by atoms with van der Waals surface area (Å²) in [6.07, 6.45) is -3.40. The Morgan fingerprint density at radius 2 is 2.13 bits per heavy atom. The molecule has 1 aromatic rings. The number of hydrogen-bond acceptors (Lipinski definition) is 4. The van der Waals surface area contributed by atoms with Gasteiger partial charge in [-0.1, -0.05) is 0 Å². The maximum Gasteiger partial charge on any atom is 0.364 e. The molecule has 0 saturated heterocycles. The summed E-state index contributed by atoms with van der Waals surface area (Å²) in [4.78, 5) is 22.3. The van der Waals surface area contributed by atoms with Crippen molar-refractivity contribution in [3.63, 3.8) is 0 Å². The summed E-state index contributed by atoms with van der Waals surface area (Å²) < 4.78 is 37.3. The second-order valence-corrected chi connectivity index (χ2v) is 2.44. The van der Waals surface area contributed by atoms with Gasteiger partial charge in [0, 0.05) is 6.07 Å². The van der Waals surface area contributed by atoms with Crippen LogP contribution in [0.1, 0.15) is 22.5 Å². The van der Waals surface area contributed by atoms with Crippen molar-refractivity contribution in [1.29, 1.82) is 0 Å². The van der Waals surface area contributed by atoms with Gasteiger partial charge in [-0.2, -0.15) is 0 Å². The minimum Gasteiger partial charge on any atom is -0.358 e. The van der Waals surface area contributed by atoms with E-state index in [0.29, 0.717) is 6.07 Å². The van der Waals surface area contributed by atoms with Crippen LogP contribution in [0.3, 0.4) is 0 Å². The largest absolute Gasteiger partial charge is 0.364 e. The van der Waals surface area contributed by atoms with Crippen LogP contribution in [0.2, 0.25) is 0 Å². The Labute approximate surface area is 80.7 Å². The Morgan fingerprint density at radius 1 is 1.53 bits per heavy atom. The summed E-state index contributed by atoms with van der Waals surface area (Å²) in [5.41, 5.74) is -2.21. The number of aldehydes is 1. The zero-order valence-electron chi connectivity index (χ0n) is 6.99. The number of nitrogens with zero attached hydrogens (tertiary/aromatic N) is 2. The smallest absolute Gasteiger partial charge is 0.358 e. The minimum absolute atomic E-state index is 0.159. The van der Waals surface area contributed by atoms with Gasteiger partial charge in [-0.15, -0.1) is 0 Å². The van der Waals surface area contributed by atoms with Gasteiger partial charge in [-0.3, -0.25) is 4.79 Å². The maximum absolute atomic E-state index is 13.0. The predicted molar refractivity (Wildman–Crippen MR) is 41.2 cm³/mol. The fourth-order valence-electron chi connectivity index (χ4n) is 0.885. The van der Waals surface area contributed by atoms with E-state index in [2.05, 4.69) is 4.98 Å². The molecular formula is C7H3F3N2O3. The summed E-state index contributed by atoms with van der Waals surface area (Å²) in [6.45, 7) is 0. The maximum atomic E-state index is 13.0. The zero-order valence-corrected chi connectivity index (χ0v) is 6.99. The average Bonchev–Trinajstić information content (AvgIpc) is 2.17. The Balaban J connectivity index is 3.45. The first-order valence-corrected chi connectivity index (χ1v) is 3.55. The van der Waals surface area contributed by atoms with Crippen LogP contribution in [0.5, 0.6) is 0 Å². The molecule has 5 nitrogen and oxygen atoms in total. The van der Waals surface area contributed by atoms with Crippen molar-refractivity contribution in [2.45, 2.75) is 6.43 Å². The van der Waals surface area contributed by atoms with Gasteiger partial charge < -0.3 is 10.1 Å². The summed E-state index contributed by atoms with van der Waals surface area (Å²) in [5.74, 6) is -2.53. The summed E-state index contributed by atoms with van der Waals surface area (Å²) in [7, 11) is 0. The quantitative estimate of drug-likeness (QED) is 0.442. The second-order valence-electron chi connectivity index (χ2n) is 2.44. The highest BCUT2D eigenvalue weighted by atomic mass is 19.3. The van der Waals surface area contributed by atoms with E-state index in [9.17, 15) is 28.1 Å². The lowest BCUT2D eigenvalue weighted by molar-refractivity contribution is -0.389. The Hall–Kier alpha value is -1.99. The van der Waals surface area contributed by atoms with Crippen LogP contribution in [0, 0.1) is 15.9 Å². The van der Waals surface area contributed by atoms with Gasteiger partial charge in [0.2, 0.25) is 0 Å². The molecule has 1 rings (SSSR count). The Kier molecular flexibility index (Phi) is 2.98. The number of alkyl halides is 2. The molecule has 1 aromatic heterocycles. The first kappa shape index (κ1) is 11.1. The van der Waals surface area contributed by atoms with E-state index in [1.165, 1.54) is 0 Å². The summed E-state index contributed by atoms with van der Waals surface area (Å²) in [6, 6.07) is 0.299. The standard InChI is InChI=1S/C7H3F3N2O3/c8-6-3(7(9)10)1-5(12(14)15)11-4(6)2-13/h1-2,7H. The van der Waals surface area contributed by atoms with Crippen LogP contribution in [0.4, 0.5) is 19.0 Å². The first-order valence-electron chi connectivity index (χ1n) is 3.55. The molecule has 0 radical (unpaired) electrons. The molecule has 0 aliphatic heterocycles. The highest BCUT2D eigenvalue weighted by Crippen LogP contribution is 2.26. The zero-order chi connectivity index (χ0) is 11.6. The fourth-order valence-corrected chi connectivity index (χ4v) is 0.885. The van der Waals surface area contributed by atoms with E-state index in [1.54, 1.807) is 0 Å². The molecule has 0 atom stereocenters. The highest BCUT2D eigenvalue weighted by Gasteiger charge is 2.25. The molecule has 0 aliphatic rings. The second kappa shape index (κ2) is 4.03. The lowest BCUT2D eigenvalue weighted by atomic mass is 10.2. The number of aromatic nitrogens is 1. The van der Waals surface area contributed by atoms with Crippen LogP contribution in [0.15, 0.2) is 6.07 Å². The first-order chi connectivity index (χ1) is 6.97. The fraction of sp³-hybridized carbons (Fsp3) is 0.143. The molecule has 80 valence electrons. The highest BCUT2D eigenvalue weighted by molar-refractivity contribution is 5.73. The number of pyridine rings is 1. The summed E-state index contributed by atoms with van der Waals surface area (Å²) >= 11 is 0. The van der Waals surface area contributed by atoms with Crippen molar-refractivity contribution < 1.29 is 22.9 Å². The third-order valence-electron chi connectivity index (χ3n) is 1.53. The topological polar surface area (TPSA) is 73.1 Å². The number of carbonyl (C=O) groups is 1. The van der Waals surface area contributed by atoms with Gasteiger partial charge in [-0.25, -0.2) is 13.2 Å². The lowest BCUT2D eigenvalue weighted by Gasteiger charge is -2.01. The van der Waals surface area contributed by atoms with Crippen LogP contribution in [0.25, 0.3) is 0 Å². The van der Waals surface area contributed by atoms with Crippen molar-refractivity contribution in [2.75, 3.05) is 0 Å². The Bertz CT molecular complexity index is 422. The molecule has 0 aliphatic carbocycles. The van der Waals surface area contributed by atoms with Crippen LogP contribution >= 0.6 is 0 Å². The van der Waals surface area contributed by atoms with Crippen LogP contribution in [-0.2, 0) is 0 Å². The normalized spacial score (nSPS) is 10.4. The van der Waals surface area contributed by atoms with Gasteiger partial charge in [0.15, 0.2) is 12.1 Å². The molecule has 0 amide bonds. The molecule has 0 N–H and O–H groups in total. The predicted octanol–water partition coefficient (Wildman–Crippen LogP) is 1.88. The van der Waals surface area contributed by atoms with E-state index in [4.69, 9.17) is 0 Å².